The number of piperazine rings is 1. The lowest BCUT2D eigenvalue weighted by Gasteiger charge is -2.37. The van der Waals surface area contributed by atoms with Crippen LogP contribution in [0.2, 0.25) is 5.02 Å². The van der Waals surface area contributed by atoms with Gasteiger partial charge in [-0.15, -0.1) is 0 Å². The number of aromatic nitrogens is 1. The van der Waals surface area contributed by atoms with E-state index in [2.05, 4.69) is 4.98 Å². The lowest BCUT2D eigenvalue weighted by atomic mass is 10.2. The van der Waals surface area contributed by atoms with Crippen LogP contribution in [-0.4, -0.2) is 61.3 Å². The van der Waals surface area contributed by atoms with E-state index in [4.69, 9.17) is 51.1 Å². The van der Waals surface area contributed by atoms with Gasteiger partial charge in [0.25, 0.3) is 9.70 Å². The maximum Gasteiger partial charge on any atom is 0.274 e. The molecule has 0 saturated carbocycles. The zero-order valence-corrected chi connectivity index (χ0v) is 21.2. The van der Waals surface area contributed by atoms with E-state index in [-0.39, 0.29) is 9.79 Å². The van der Waals surface area contributed by atoms with E-state index in [0.717, 1.165) is 0 Å². The number of hydrogen-bond donors (Lipinski definition) is 1. The molecule has 1 aromatic heterocycles. The third-order valence-corrected chi connectivity index (χ3v) is 8.02. The summed E-state index contributed by atoms with van der Waals surface area (Å²) >= 11 is 23.2. The number of halogens is 4. The highest BCUT2D eigenvalue weighted by molar-refractivity contribution is 7.91. The Morgan fingerprint density at radius 2 is 1.76 bits per heavy atom. The summed E-state index contributed by atoms with van der Waals surface area (Å²) in [7, 11) is -2.33. The molecule has 1 fully saturated rings. The predicted octanol–water partition coefficient (Wildman–Crippen LogP) is 4.68. The van der Waals surface area contributed by atoms with Crippen LogP contribution in [-0.2, 0) is 14.6 Å². The minimum absolute atomic E-state index is 0.119. The molecule has 176 valence electrons. The number of sulfone groups is 1. The summed E-state index contributed by atoms with van der Waals surface area (Å²) in [6, 6.07) is 9.70. The first-order valence-electron chi connectivity index (χ1n) is 9.83. The molecule has 7 nitrogen and oxygen atoms in total. The molecule has 1 saturated heterocycles. The summed E-state index contributed by atoms with van der Waals surface area (Å²) in [6.07, 6.45) is 1.46. The quantitative estimate of drug-likeness (QED) is 0.477. The van der Waals surface area contributed by atoms with Gasteiger partial charge in [-0.1, -0.05) is 52.5 Å². The second-order valence-electron chi connectivity index (χ2n) is 7.46. The van der Waals surface area contributed by atoms with Gasteiger partial charge in [0.1, 0.15) is 5.75 Å². The summed E-state index contributed by atoms with van der Waals surface area (Å²) < 4.78 is 30.4. The molecule has 1 aliphatic rings. The second-order valence-corrected chi connectivity index (χ2v) is 12.1. The van der Waals surface area contributed by atoms with Crippen molar-refractivity contribution in [2.45, 2.75) is 13.6 Å². The third kappa shape index (κ3) is 4.72. The van der Waals surface area contributed by atoms with Crippen LogP contribution in [0, 0.1) is 0 Å². The van der Waals surface area contributed by atoms with Crippen molar-refractivity contribution < 1.29 is 17.9 Å². The Balaban J connectivity index is 1.65. The Morgan fingerprint density at radius 1 is 1.06 bits per heavy atom. The molecular formula is C21H19Cl4N3O4S. The molecule has 2 aromatic carbocycles. The van der Waals surface area contributed by atoms with Gasteiger partial charge in [0.05, 0.1) is 22.6 Å². The number of carbonyl (C=O) groups is 1. The van der Waals surface area contributed by atoms with Gasteiger partial charge in [-0.05, 0) is 30.3 Å². The number of anilines is 1. The summed E-state index contributed by atoms with van der Waals surface area (Å²) in [4.78, 5) is 18.9. The van der Waals surface area contributed by atoms with E-state index >= 15 is 0 Å². The largest absolute Gasteiger partial charge is 0.495 e. The van der Waals surface area contributed by atoms with Crippen molar-refractivity contribution >= 4 is 78.7 Å². The number of carbonyl (C=O) groups excluding carboxylic acids is 1. The number of hydrogen-bond acceptors (Lipinski definition) is 5. The molecule has 0 unspecified atom stereocenters. The number of rotatable bonds is 4. The predicted molar refractivity (Wildman–Crippen MR) is 131 cm³/mol. The Kier molecular flexibility index (Phi) is 6.68. The van der Waals surface area contributed by atoms with Gasteiger partial charge in [0.15, 0.2) is 0 Å². The molecule has 0 radical (unpaired) electrons. The highest BCUT2D eigenvalue weighted by Gasteiger charge is 2.37. The number of aromatic amines is 1. The summed E-state index contributed by atoms with van der Waals surface area (Å²) in [5.41, 5.74) is 1.23. The molecule has 0 bridgehead atoms. The van der Waals surface area contributed by atoms with Crippen LogP contribution in [0.1, 0.15) is 0 Å². The minimum atomic E-state index is -3.84. The summed E-state index contributed by atoms with van der Waals surface area (Å²) in [5, 5.41) is 1.06. The smallest absolute Gasteiger partial charge is 0.274 e. The number of methoxy groups -OCH3 is 1. The molecule has 4 rings (SSSR count). The van der Waals surface area contributed by atoms with E-state index in [1.807, 2.05) is 4.90 Å². The average Bonchev–Trinajstić information content (AvgIpc) is 3.21. The standard InChI is InChI=1S/C21H19Cl4N3O4S/c1-32-18-5-3-14(33(30,31)19-12-26-16-10-13(22)2-4-15(16)19)11-17(18)27-6-8-28(9-7-27)20(29)21(23,24)25/h2-5,10-12,26H,6-9H2,1H3. The number of alkyl halides is 3. The maximum absolute atomic E-state index is 13.5. The van der Waals surface area contributed by atoms with E-state index in [1.54, 1.807) is 30.3 Å². The fraction of sp³-hybridized carbons (Fsp3) is 0.286. The van der Waals surface area contributed by atoms with Crippen molar-refractivity contribution in [2.75, 3.05) is 38.2 Å². The molecule has 0 spiro atoms. The highest BCUT2D eigenvalue weighted by Crippen LogP contribution is 2.36. The normalized spacial score (nSPS) is 15.2. The van der Waals surface area contributed by atoms with Crippen LogP contribution >= 0.6 is 46.4 Å². The second kappa shape index (κ2) is 9.07. The van der Waals surface area contributed by atoms with Crippen LogP contribution in [0.3, 0.4) is 0 Å². The zero-order valence-electron chi connectivity index (χ0n) is 17.3. The minimum Gasteiger partial charge on any atom is -0.495 e. The van der Waals surface area contributed by atoms with Crippen LogP contribution in [0.4, 0.5) is 5.69 Å². The first kappa shape index (κ1) is 24.3. The lowest BCUT2D eigenvalue weighted by Crippen LogP contribution is -2.51. The highest BCUT2D eigenvalue weighted by atomic mass is 35.6. The molecule has 0 aliphatic carbocycles. The van der Waals surface area contributed by atoms with Gasteiger partial charge in [-0.25, -0.2) is 8.42 Å². The number of fused-ring (bicyclic) bond motifs is 1. The van der Waals surface area contributed by atoms with Gasteiger partial charge >= 0.3 is 0 Å². The monoisotopic (exact) mass is 549 g/mol. The molecular weight excluding hydrogens is 532 g/mol. The van der Waals surface area contributed by atoms with Crippen molar-refractivity contribution in [3.8, 4) is 5.75 Å². The Labute approximate surface area is 211 Å². The Morgan fingerprint density at radius 3 is 2.39 bits per heavy atom. The van der Waals surface area contributed by atoms with Crippen LogP contribution in [0.5, 0.6) is 5.75 Å². The Hall–Kier alpha value is -1.84. The number of amides is 1. The summed E-state index contributed by atoms with van der Waals surface area (Å²) in [6.45, 7) is 1.46. The number of nitrogens with zero attached hydrogens (tertiary/aromatic N) is 2. The number of H-pyrrole nitrogens is 1. The van der Waals surface area contributed by atoms with Crippen LogP contribution < -0.4 is 9.64 Å². The van der Waals surface area contributed by atoms with Gasteiger partial charge < -0.3 is 19.5 Å². The first-order chi connectivity index (χ1) is 15.5. The SMILES string of the molecule is COc1ccc(S(=O)(=O)c2c[nH]c3cc(Cl)ccc23)cc1N1CCN(C(=O)C(Cl)(Cl)Cl)CC1. The van der Waals surface area contributed by atoms with Crippen molar-refractivity contribution in [3.63, 3.8) is 0 Å². The average molecular weight is 551 g/mol. The van der Waals surface area contributed by atoms with Gasteiger partial charge in [-0.3, -0.25) is 4.79 Å². The van der Waals surface area contributed by atoms with Crippen LogP contribution in [0.25, 0.3) is 10.9 Å². The van der Waals surface area contributed by atoms with Gasteiger partial charge in [0, 0.05) is 48.3 Å². The first-order valence-corrected chi connectivity index (χ1v) is 12.8. The lowest BCUT2D eigenvalue weighted by molar-refractivity contribution is -0.130. The summed E-state index contributed by atoms with van der Waals surface area (Å²) in [5.74, 6) is -0.0734. The topological polar surface area (TPSA) is 82.7 Å². The number of ether oxygens (including phenoxy) is 1. The third-order valence-electron chi connectivity index (χ3n) is 5.51. The maximum atomic E-state index is 13.5. The van der Waals surface area contributed by atoms with Crippen LogP contribution in [0.15, 0.2) is 52.4 Å². The molecule has 1 N–H and O–H groups in total. The van der Waals surface area contributed by atoms with Crippen molar-refractivity contribution in [1.82, 2.24) is 9.88 Å². The van der Waals surface area contributed by atoms with E-state index in [1.165, 1.54) is 24.3 Å². The van der Waals surface area contributed by atoms with E-state index in [0.29, 0.717) is 53.5 Å². The van der Waals surface area contributed by atoms with Crippen molar-refractivity contribution in [2.24, 2.45) is 0 Å². The van der Waals surface area contributed by atoms with Crippen molar-refractivity contribution in [3.05, 3.63) is 47.6 Å². The molecule has 3 aromatic rings. The fourth-order valence-electron chi connectivity index (χ4n) is 3.83. The fourth-order valence-corrected chi connectivity index (χ4v) is 5.82. The molecule has 33 heavy (non-hydrogen) atoms. The molecule has 0 atom stereocenters. The van der Waals surface area contributed by atoms with E-state index < -0.39 is 19.5 Å². The number of nitrogens with one attached hydrogen (secondary N) is 1. The molecule has 1 amide bonds. The van der Waals surface area contributed by atoms with Gasteiger partial charge in [0.2, 0.25) is 9.84 Å². The van der Waals surface area contributed by atoms with Crippen molar-refractivity contribution in [1.29, 1.82) is 0 Å². The van der Waals surface area contributed by atoms with Gasteiger partial charge in [-0.2, -0.15) is 0 Å². The molecule has 12 heteroatoms. The zero-order chi connectivity index (χ0) is 24.0. The molecule has 1 aliphatic heterocycles. The Bertz CT molecular complexity index is 1310. The van der Waals surface area contributed by atoms with E-state index in [9.17, 15) is 13.2 Å². The molecule has 2 heterocycles. The number of benzene rings is 2.